The summed E-state index contributed by atoms with van der Waals surface area (Å²) in [5, 5.41) is 39.0. The second kappa shape index (κ2) is 17.1. The molecule has 5 N–H and O–H groups in total. The Labute approximate surface area is 370 Å². The fourth-order valence-corrected chi connectivity index (χ4v) is 11.8. The van der Waals surface area contributed by atoms with Crippen molar-refractivity contribution in [3.8, 4) is 5.75 Å². The average molecular weight is 878 g/mol. The van der Waals surface area contributed by atoms with Crippen molar-refractivity contribution in [3.05, 3.63) is 95.1 Å². The molecule has 2 aromatic carbocycles. The number of ketones is 3. The van der Waals surface area contributed by atoms with Gasteiger partial charge in [0.1, 0.15) is 12.4 Å². The summed E-state index contributed by atoms with van der Waals surface area (Å²) in [5.41, 5.74) is 0.436. The molecule has 8 rings (SSSR count). The van der Waals surface area contributed by atoms with Gasteiger partial charge < -0.3 is 35.4 Å². The number of hydrogen-bond acceptors (Lipinski definition) is 12. The van der Waals surface area contributed by atoms with Gasteiger partial charge in [-0.05, 0) is 85.9 Å². The Kier molecular flexibility index (Phi) is 12.0. The van der Waals surface area contributed by atoms with Crippen LogP contribution in [0.2, 0.25) is 0 Å². The van der Waals surface area contributed by atoms with E-state index in [1.54, 1.807) is 49.4 Å². The number of amides is 4. The molecule has 0 radical (unpaired) electrons. The third-order valence-electron chi connectivity index (χ3n) is 15.0. The number of allylic oxidation sites excluding steroid dienone is 4. The minimum absolute atomic E-state index is 0.0193. The highest BCUT2D eigenvalue weighted by Gasteiger charge is 2.76. The van der Waals surface area contributed by atoms with E-state index in [1.165, 1.54) is 13.0 Å². The molecule has 0 aromatic heterocycles. The Morgan fingerprint density at radius 3 is 2.47 bits per heavy atom. The van der Waals surface area contributed by atoms with E-state index in [9.17, 15) is 48.9 Å². The predicted octanol–water partition coefficient (Wildman–Crippen LogP) is 3.94. The molecule has 0 bridgehead atoms. The Morgan fingerprint density at radius 1 is 1.00 bits per heavy atom. The minimum Gasteiger partial charge on any atom is -0.508 e. The van der Waals surface area contributed by atoms with Gasteiger partial charge in [-0.3, -0.25) is 38.5 Å². The zero-order chi connectivity index (χ0) is 45.9. The number of anilines is 1. The number of fused-ring (bicyclic) bond motifs is 7. The number of rotatable bonds is 14. The number of ether oxygens (including phenoxy) is 2. The van der Waals surface area contributed by atoms with Gasteiger partial charge in [0.2, 0.25) is 11.8 Å². The molecule has 4 aliphatic carbocycles. The number of aliphatic hydroxyl groups is 2. The highest BCUT2D eigenvalue weighted by molar-refractivity contribution is 6.13. The van der Waals surface area contributed by atoms with Gasteiger partial charge in [0, 0.05) is 71.9 Å². The number of aromatic hydroxyl groups is 1. The lowest BCUT2D eigenvalue weighted by molar-refractivity contribution is -0.201. The number of carbonyl (C=O) groups is 7. The second-order valence-corrected chi connectivity index (χ2v) is 18.9. The normalized spacial score (nSPS) is 32.2. The summed E-state index contributed by atoms with van der Waals surface area (Å²) in [7, 11) is 0. The first-order valence-electron chi connectivity index (χ1n) is 22.1. The Bertz CT molecular complexity index is 2390. The fraction of sp³-hybridized carbons (Fsp3) is 0.490. The highest BCUT2D eigenvalue weighted by atomic mass is 16.7. The van der Waals surface area contributed by atoms with E-state index in [2.05, 4.69) is 17.6 Å². The molecule has 338 valence electrons. The monoisotopic (exact) mass is 877 g/mol. The van der Waals surface area contributed by atoms with Crippen LogP contribution in [0.15, 0.2) is 78.4 Å². The maximum Gasteiger partial charge on any atom is 0.253 e. The number of benzene rings is 2. The van der Waals surface area contributed by atoms with Crippen LogP contribution >= 0.6 is 0 Å². The van der Waals surface area contributed by atoms with Crippen LogP contribution in [-0.2, 0) is 49.5 Å². The number of hydrogen-bond donors (Lipinski definition) is 5. The number of nitrogens with zero attached hydrogens (tertiary/aromatic N) is 1. The number of aliphatic hydroxyl groups excluding tert-OH is 2. The van der Waals surface area contributed by atoms with Gasteiger partial charge in [0.15, 0.2) is 29.2 Å². The Balaban J connectivity index is 0.887. The number of carbonyl (C=O) groups excluding carboxylic acids is 7. The molecule has 3 saturated carbocycles. The molecule has 2 aliphatic heterocycles. The van der Waals surface area contributed by atoms with Gasteiger partial charge in [0.25, 0.3) is 11.8 Å². The quantitative estimate of drug-likeness (QED) is 0.170. The standard InChI is InChI=1S/C49H55N3O12/c1-26(18-36(55)27(2)50-41(59)15-17-52-42(60)12-13-43(52)61)45(62)51-32-7-5-6-28(20-32)19-29-8-9-30(21-37(29)56)46-63-40-23-35-34-11-10-31-22-33(54)14-16-47(31,3)44(34)38(57)24-48(35,4)49(40,64-46)39(58)25-53/h5-9,12-14,16,20-22,26-27,34-35,38,40,44,46,53,56-57H,10-11,15,17-19,23-25H2,1-4H3,(H,50,59)(H,51,62)/t26-,27+,34+,35+,38+,40-,44-,46?,47+,48+,49-/m1/s1. The third-order valence-corrected chi connectivity index (χ3v) is 15.0. The van der Waals surface area contributed by atoms with Crippen molar-refractivity contribution >= 4 is 46.7 Å². The Hall–Kier alpha value is -5.61. The molecule has 4 fully saturated rings. The lowest BCUT2D eigenvalue weighted by Gasteiger charge is -2.59. The van der Waals surface area contributed by atoms with Crippen LogP contribution in [0.4, 0.5) is 5.69 Å². The van der Waals surface area contributed by atoms with E-state index in [0.29, 0.717) is 36.1 Å². The van der Waals surface area contributed by atoms with Crippen LogP contribution in [-0.4, -0.2) is 98.2 Å². The summed E-state index contributed by atoms with van der Waals surface area (Å²) in [6.45, 7) is 6.29. The molecule has 1 unspecified atom stereocenters. The van der Waals surface area contributed by atoms with E-state index < -0.39 is 82.9 Å². The number of Topliss-reactive ketones (excluding diaryl/α,β-unsaturated/α-hetero) is 2. The van der Waals surface area contributed by atoms with Crippen molar-refractivity contribution in [2.45, 2.75) is 103 Å². The van der Waals surface area contributed by atoms with Crippen LogP contribution in [0.5, 0.6) is 5.75 Å². The van der Waals surface area contributed by atoms with Crippen LogP contribution in [0, 0.1) is 34.5 Å². The van der Waals surface area contributed by atoms with Crippen molar-refractivity contribution in [2.24, 2.45) is 34.5 Å². The summed E-state index contributed by atoms with van der Waals surface area (Å²) in [6, 6.07) is 11.2. The highest BCUT2D eigenvalue weighted by Crippen LogP contribution is 2.70. The van der Waals surface area contributed by atoms with Crippen LogP contribution in [0.3, 0.4) is 0 Å². The van der Waals surface area contributed by atoms with E-state index in [0.717, 1.165) is 34.6 Å². The molecule has 6 aliphatic rings. The van der Waals surface area contributed by atoms with Gasteiger partial charge in [-0.25, -0.2) is 0 Å². The largest absolute Gasteiger partial charge is 0.508 e. The maximum absolute atomic E-state index is 14.0. The molecule has 4 amide bonds. The van der Waals surface area contributed by atoms with Gasteiger partial charge >= 0.3 is 0 Å². The molecular weight excluding hydrogens is 823 g/mol. The van der Waals surface area contributed by atoms with E-state index in [4.69, 9.17) is 9.47 Å². The smallest absolute Gasteiger partial charge is 0.253 e. The van der Waals surface area contributed by atoms with Crippen molar-refractivity contribution in [1.29, 1.82) is 0 Å². The first kappa shape index (κ1) is 45.0. The van der Waals surface area contributed by atoms with E-state index >= 15 is 0 Å². The lowest BCUT2D eigenvalue weighted by atomic mass is 9.46. The van der Waals surface area contributed by atoms with E-state index in [-0.39, 0.29) is 60.9 Å². The summed E-state index contributed by atoms with van der Waals surface area (Å²) in [5.74, 6) is -3.81. The molecule has 64 heavy (non-hydrogen) atoms. The van der Waals surface area contributed by atoms with Crippen molar-refractivity contribution in [3.63, 3.8) is 0 Å². The summed E-state index contributed by atoms with van der Waals surface area (Å²) in [6.07, 6.45) is 7.10. The van der Waals surface area contributed by atoms with Crippen molar-refractivity contribution < 1.29 is 58.4 Å². The number of phenols is 1. The Morgan fingerprint density at radius 2 is 1.75 bits per heavy atom. The van der Waals surface area contributed by atoms with Gasteiger partial charge in [-0.15, -0.1) is 0 Å². The summed E-state index contributed by atoms with van der Waals surface area (Å²) < 4.78 is 13.3. The number of phenolic OH excluding ortho intramolecular Hbond substituents is 1. The predicted molar refractivity (Wildman–Crippen MR) is 230 cm³/mol. The number of imide groups is 1. The maximum atomic E-state index is 14.0. The van der Waals surface area contributed by atoms with Gasteiger partial charge in [0.05, 0.1) is 18.2 Å². The van der Waals surface area contributed by atoms with E-state index in [1.807, 2.05) is 19.1 Å². The summed E-state index contributed by atoms with van der Waals surface area (Å²) in [4.78, 5) is 89.1. The number of nitrogens with one attached hydrogen (secondary N) is 2. The van der Waals surface area contributed by atoms with Crippen LogP contribution < -0.4 is 10.6 Å². The molecule has 2 heterocycles. The second-order valence-electron chi connectivity index (χ2n) is 18.9. The van der Waals surface area contributed by atoms with Crippen LogP contribution in [0.1, 0.15) is 89.2 Å². The average Bonchev–Trinajstić information content (AvgIpc) is 3.88. The fourth-order valence-electron chi connectivity index (χ4n) is 11.8. The third kappa shape index (κ3) is 7.75. The zero-order valence-corrected chi connectivity index (χ0v) is 36.4. The topological polar surface area (TPSA) is 226 Å². The molecule has 2 aromatic rings. The SMILES string of the molecule is C[C@H](CC(=O)[C@H](C)NC(=O)CCN1C(=O)C=CC1=O)C(=O)Nc1cccc(Cc2ccc(C3O[C@@H]4C[C@H]5[C@@H]6CCC7=CC(=O)C=C[C@]7(C)[C@H]6[C@@H](O)C[C@]5(C)[C@]4(C(=O)CO)O3)cc2O)c1. The molecule has 1 saturated heterocycles. The molecule has 0 spiro atoms. The molecule has 11 atom stereocenters. The summed E-state index contributed by atoms with van der Waals surface area (Å²) >= 11 is 0. The first-order chi connectivity index (χ1) is 30.4. The van der Waals surface area contributed by atoms with Crippen LogP contribution in [0.25, 0.3) is 0 Å². The van der Waals surface area contributed by atoms with Crippen molar-refractivity contribution in [1.82, 2.24) is 10.2 Å². The lowest BCUT2D eigenvalue weighted by Crippen LogP contribution is -2.63. The molecular formula is C49H55N3O12. The van der Waals surface area contributed by atoms with Crippen molar-refractivity contribution in [2.75, 3.05) is 18.5 Å². The zero-order valence-electron chi connectivity index (χ0n) is 36.4. The van der Waals surface area contributed by atoms with Gasteiger partial charge in [-0.1, -0.05) is 56.7 Å². The first-order valence-corrected chi connectivity index (χ1v) is 22.1. The van der Waals surface area contributed by atoms with Gasteiger partial charge in [-0.2, -0.15) is 0 Å². The molecule has 15 nitrogen and oxygen atoms in total. The minimum atomic E-state index is -1.53. The molecule has 15 heteroatoms.